The van der Waals surface area contributed by atoms with Crippen molar-refractivity contribution >= 4 is 34.8 Å². The Bertz CT molecular complexity index is 958. The van der Waals surface area contributed by atoms with Crippen molar-refractivity contribution in [2.75, 3.05) is 5.32 Å². The number of amides is 1. The highest BCUT2D eigenvalue weighted by atomic mass is 35.5. The van der Waals surface area contributed by atoms with Gasteiger partial charge in [0.05, 0.1) is 16.4 Å². The predicted molar refractivity (Wildman–Crippen MR) is 92.5 cm³/mol. The Morgan fingerprint density at radius 2 is 1.83 bits per heavy atom. The molecular formula is C16H10Cl2N4O2. The van der Waals surface area contributed by atoms with E-state index in [1.807, 2.05) is 0 Å². The van der Waals surface area contributed by atoms with Crippen molar-refractivity contribution in [3.05, 3.63) is 74.8 Å². The number of hydrogen-bond acceptors (Lipinski definition) is 4. The lowest BCUT2D eigenvalue weighted by molar-refractivity contribution is 0.102. The number of rotatable bonds is 3. The molecule has 6 nitrogen and oxygen atoms in total. The first-order valence-electron chi connectivity index (χ1n) is 6.81. The van der Waals surface area contributed by atoms with Crippen LogP contribution in [0.4, 0.5) is 5.69 Å². The van der Waals surface area contributed by atoms with E-state index in [2.05, 4.69) is 20.5 Å². The van der Waals surface area contributed by atoms with Crippen molar-refractivity contribution in [1.29, 1.82) is 0 Å². The van der Waals surface area contributed by atoms with Crippen molar-refractivity contribution in [3.8, 4) is 11.3 Å². The number of hydrogen-bond donors (Lipinski definition) is 2. The predicted octanol–water partition coefficient (Wildman–Crippen LogP) is 3.39. The molecule has 3 rings (SSSR count). The summed E-state index contributed by atoms with van der Waals surface area (Å²) in [7, 11) is 0. The number of H-pyrrole nitrogens is 1. The summed E-state index contributed by atoms with van der Waals surface area (Å²) in [5.74, 6) is -0.599. The molecule has 0 fully saturated rings. The Hall–Kier alpha value is -2.70. The second-order valence-corrected chi connectivity index (χ2v) is 5.65. The molecule has 0 aliphatic heterocycles. The summed E-state index contributed by atoms with van der Waals surface area (Å²) >= 11 is 11.8. The number of pyridine rings is 1. The van der Waals surface area contributed by atoms with Crippen LogP contribution >= 0.6 is 23.2 Å². The van der Waals surface area contributed by atoms with Crippen LogP contribution in [0.25, 0.3) is 11.3 Å². The topological polar surface area (TPSA) is 87.7 Å². The zero-order valence-corrected chi connectivity index (χ0v) is 13.6. The molecule has 0 aliphatic carbocycles. The van der Waals surface area contributed by atoms with Crippen LogP contribution in [0, 0.1) is 0 Å². The normalized spacial score (nSPS) is 10.4. The number of nitrogens with zero attached hydrogens (tertiary/aromatic N) is 2. The maximum Gasteiger partial charge on any atom is 0.277 e. The van der Waals surface area contributed by atoms with Gasteiger partial charge in [-0.25, -0.2) is 5.10 Å². The minimum Gasteiger partial charge on any atom is -0.320 e. The van der Waals surface area contributed by atoms with Gasteiger partial charge in [0.25, 0.3) is 11.5 Å². The Morgan fingerprint density at radius 3 is 2.54 bits per heavy atom. The van der Waals surface area contributed by atoms with Crippen molar-refractivity contribution in [3.63, 3.8) is 0 Å². The van der Waals surface area contributed by atoms with Gasteiger partial charge in [-0.1, -0.05) is 23.2 Å². The average molecular weight is 361 g/mol. The second-order valence-electron chi connectivity index (χ2n) is 4.81. The summed E-state index contributed by atoms with van der Waals surface area (Å²) in [6, 6.07) is 9.49. The standard InChI is InChI=1S/C16H10Cl2N4O2/c17-10-1-2-13(12(18)7-10)20-15(23)11-8-14(21-22-16(11)24)9-3-5-19-6-4-9/h1-8H,(H,20,23)(H,22,24). The monoisotopic (exact) mass is 360 g/mol. The fourth-order valence-corrected chi connectivity index (χ4v) is 2.48. The van der Waals surface area contributed by atoms with E-state index in [1.165, 1.54) is 12.1 Å². The number of carbonyl (C=O) groups excluding carboxylic acids is 1. The van der Waals surface area contributed by atoms with Crippen LogP contribution in [0.3, 0.4) is 0 Å². The Balaban J connectivity index is 1.93. The lowest BCUT2D eigenvalue weighted by atomic mass is 10.1. The van der Waals surface area contributed by atoms with Crippen LogP contribution in [0.5, 0.6) is 0 Å². The highest BCUT2D eigenvalue weighted by Crippen LogP contribution is 2.25. The first-order chi connectivity index (χ1) is 11.5. The van der Waals surface area contributed by atoms with Gasteiger partial charge in [0.2, 0.25) is 0 Å². The van der Waals surface area contributed by atoms with Gasteiger partial charge in [0, 0.05) is 23.0 Å². The first-order valence-corrected chi connectivity index (χ1v) is 7.57. The number of benzene rings is 1. The molecule has 2 heterocycles. The fourth-order valence-electron chi connectivity index (χ4n) is 2.03. The van der Waals surface area contributed by atoms with Crippen LogP contribution in [-0.2, 0) is 0 Å². The van der Waals surface area contributed by atoms with Crippen LogP contribution in [-0.4, -0.2) is 21.1 Å². The van der Waals surface area contributed by atoms with E-state index in [-0.39, 0.29) is 10.6 Å². The average Bonchev–Trinajstić information content (AvgIpc) is 2.58. The maximum atomic E-state index is 12.4. The molecule has 0 aliphatic rings. The van der Waals surface area contributed by atoms with Gasteiger partial charge in [-0.15, -0.1) is 0 Å². The van der Waals surface area contributed by atoms with Crippen molar-refractivity contribution in [1.82, 2.24) is 15.2 Å². The number of anilines is 1. The highest BCUT2D eigenvalue weighted by molar-refractivity contribution is 6.36. The quantitative estimate of drug-likeness (QED) is 0.749. The van der Waals surface area contributed by atoms with E-state index < -0.39 is 11.5 Å². The van der Waals surface area contributed by atoms with E-state index in [9.17, 15) is 9.59 Å². The second kappa shape index (κ2) is 6.82. The molecular weight excluding hydrogens is 351 g/mol. The van der Waals surface area contributed by atoms with Gasteiger partial charge >= 0.3 is 0 Å². The molecule has 0 radical (unpaired) electrons. The minimum atomic E-state index is -0.601. The molecule has 0 atom stereocenters. The molecule has 1 aromatic carbocycles. The van der Waals surface area contributed by atoms with E-state index in [0.29, 0.717) is 16.4 Å². The summed E-state index contributed by atoms with van der Waals surface area (Å²) in [5.41, 5.74) is 0.843. The molecule has 2 aromatic heterocycles. The first kappa shape index (κ1) is 16.2. The lowest BCUT2D eigenvalue weighted by Gasteiger charge is -2.08. The van der Waals surface area contributed by atoms with Crippen molar-refractivity contribution in [2.24, 2.45) is 0 Å². The van der Waals surface area contributed by atoms with E-state index in [0.717, 1.165) is 5.56 Å². The van der Waals surface area contributed by atoms with Crippen LogP contribution in [0.1, 0.15) is 10.4 Å². The van der Waals surface area contributed by atoms with Crippen molar-refractivity contribution in [2.45, 2.75) is 0 Å². The summed E-state index contributed by atoms with van der Waals surface area (Å²) in [6.45, 7) is 0. The fraction of sp³-hybridized carbons (Fsp3) is 0. The van der Waals surface area contributed by atoms with E-state index in [1.54, 1.807) is 36.7 Å². The van der Waals surface area contributed by atoms with Gasteiger partial charge in [-0.2, -0.15) is 5.10 Å². The van der Waals surface area contributed by atoms with Gasteiger partial charge in [-0.3, -0.25) is 14.6 Å². The Kier molecular flexibility index (Phi) is 4.59. The third-order valence-electron chi connectivity index (χ3n) is 3.20. The Morgan fingerprint density at radius 1 is 1.08 bits per heavy atom. The molecule has 120 valence electrons. The van der Waals surface area contributed by atoms with Gasteiger partial charge in [0.15, 0.2) is 0 Å². The zero-order valence-electron chi connectivity index (χ0n) is 12.1. The molecule has 8 heteroatoms. The number of aromatic amines is 1. The summed E-state index contributed by atoms with van der Waals surface area (Å²) in [4.78, 5) is 28.2. The molecule has 0 unspecified atom stereocenters. The molecule has 0 bridgehead atoms. The molecule has 2 N–H and O–H groups in total. The van der Waals surface area contributed by atoms with E-state index in [4.69, 9.17) is 23.2 Å². The van der Waals surface area contributed by atoms with Gasteiger partial charge in [0.1, 0.15) is 5.56 Å². The van der Waals surface area contributed by atoms with Crippen LogP contribution in [0.15, 0.2) is 53.6 Å². The summed E-state index contributed by atoms with van der Waals surface area (Å²) < 4.78 is 0. The largest absolute Gasteiger partial charge is 0.320 e. The molecule has 0 spiro atoms. The lowest BCUT2D eigenvalue weighted by Crippen LogP contribution is -2.24. The van der Waals surface area contributed by atoms with Crippen molar-refractivity contribution < 1.29 is 4.79 Å². The Labute approximate surface area is 146 Å². The van der Waals surface area contributed by atoms with Gasteiger partial charge in [-0.05, 0) is 36.4 Å². The smallest absolute Gasteiger partial charge is 0.277 e. The number of nitrogens with one attached hydrogen (secondary N) is 2. The SMILES string of the molecule is O=C(Nc1ccc(Cl)cc1Cl)c1cc(-c2ccncc2)n[nH]c1=O. The number of carbonyl (C=O) groups is 1. The van der Waals surface area contributed by atoms with Crippen LogP contribution in [0.2, 0.25) is 10.0 Å². The highest BCUT2D eigenvalue weighted by Gasteiger charge is 2.15. The maximum absolute atomic E-state index is 12.4. The number of halogens is 2. The van der Waals surface area contributed by atoms with Gasteiger partial charge < -0.3 is 5.32 Å². The molecule has 3 aromatic rings. The molecule has 0 saturated heterocycles. The third kappa shape index (κ3) is 3.45. The molecule has 0 saturated carbocycles. The van der Waals surface area contributed by atoms with Crippen LogP contribution < -0.4 is 10.9 Å². The molecule has 24 heavy (non-hydrogen) atoms. The third-order valence-corrected chi connectivity index (χ3v) is 3.75. The number of aromatic nitrogens is 3. The van der Waals surface area contributed by atoms with E-state index >= 15 is 0 Å². The molecule has 1 amide bonds. The summed E-state index contributed by atoms with van der Waals surface area (Å²) in [6.07, 6.45) is 3.19. The minimum absolute atomic E-state index is 0.0807. The zero-order chi connectivity index (χ0) is 17.1. The summed E-state index contributed by atoms with van der Waals surface area (Å²) in [5, 5.41) is 9.56.